The highest BCUT2D eigenvalue weighted by Gasteiger charge is 2.54. The van der Waals surface area contributed by atoms with E-state index in [9.17, 15) is 9.59 Å². The first-order valence-corrected chi connectivity index (χ1v) is 5.01. The van der Waals surface area contributed by atoms with E-state index in [4.69, 9.17) is 5.11 Å². The molecule has 2 rings (SSSR count). The maximum absolute atomic E-state index is 11.2. The second-order valence-electron chi connectivity index (χ2n) is 4.57. The first-order chi connectivity index (χ1) is 6.53. The van der Waals surface area contributed by atoms with Crippen molar-refractivity contribution in [1.29, 1.82) is 0 Å². The van der Waals surface area contributed by atoms with E-state index in [-0.39, 0.29) is 17.7 Å². The lowest BCUT2D eigenvalue weighted by molar-refractivity contribution is -0.142. The summed E-state index contributed by atoms with van der Waals surface area (Å²) in [5.41, 5.74) is -0.0858. The zero-order valence-electron chi connectivity index (χ0n) is 8.32. The summed E-state index contributed by atoms with van der Waals surface area (Å²) < 4.78 is 0. The minimum Gasteiger partial charge on any atom is -0.481 e. The summed E-state index contributed by atoms with van der Waals surface area (Å²) in [4.78, 5) is 23.7. The zero-order chi connectivity index (χ0) is 10.3. The van der Waals surface area contributed by atoms with Gasteiger partial charge in [0, 0.05) is 25.4 Å². The van der Waals surface area contributed by atoms with Crippen molar-refractivity contribution in [2.45, 2.75) is 26.2 Å². The third kappa shape index (κ3) is 1.29. The monoisotopic (exact) mass is 197 g/mol. The Morgan fingerprint density at radius 2 is 2.29 bits per heavy atom. The number of carbonyl (C=O) groups excluding carboxylic acids is 1. The molecule has 1 saturated carbocycles. The first-order valence-electron chi connectivity index (χ1n) is 5.01. The van der Waals surface area contributed by atoms with Crippen LogP contribution in [0.25, 0.3) is 0 Å². The highest BCUT2D eigenvalue weighted by atomic mass is 16.4. The second kappa shape index (κ2) is 2.97. The second-order valence-corrected chi connectivity index (χ2v) is 4.57. The molecule has 2 atom stereocenters. The van der Waals surface area contributed by atoms with Crippen molar-refractivity contribution in [3.8, 4) is 0 Å². The third-order valence-corrected chi connectivity index (χ3v) is 3.75. The Morgan fingerprint density at radius 3 is 2.71 bits per heavy atom. The van der Waals surface area contributed by atoms with Gasteiger partial charge in [-0.05, 0) is 18.8 Å². The van der Waals surface area contributed by atoms with E-state index < -0.39 is 5.97 Å². The number of rotatable bonds is 2. The van der Waals surface area contributed by atoms with E-state index in [0.717, 1.165) is 19.4 Å². The van der Waals surface area contributed by atoms with Crippen LogP contribution in [-0.2, 0) is 9.59 Å². The van der Waals surface area contributed by atoms with Gasteiger partial charge in [-0.2, -0.15) is 0 Å². The Labute approximate surface area is 82.9 Å². The molecular formula is C10H15NO3. The van der Waals surface area contributed by atoms with Crippen LogP contribution >= 0.6 is 0 Å². The Morgan fingerprint density at radius 1 is 1.57 bits per heavy atom. The lowest BCUT2D eigenvalue weighted by atomic mass is 9.60. The van der Waals surface area contributed by atoms with Crippen LogP contribution in [0.3, 0.4) is 0 Å². The Bertz CT molecular complexity index is 289. The average molecular weight is 197 g/mol. The van der Waals surface area contributed by atoms with Crippen molar-refractivity contribution < 1.29 is 14.7 Å². The zero-order valence-corrected chi connectivity index (χ0v) is 8.32. The molecule has 78 valence electrons. The number of carbonyl (C=O) groups is 2. The SMILES string of the molecule is CC(=O)N1C[C@@H]2CC[C@]2(CC(=O)O)C1. The Hall–Kier alpha value is -1.06. The molecule has 1 aliphatic carbocycles. The minimum absolute atomic E-state index is 0.0733. The highest BCUT2D eigenvalue weighted by Crippen LogP contribution is 2.54. The molecule has 1 saturated heterocycles. The van der Waals surface area contributed by atoms with Crippen LogP contribution in [-0.4, -0.2) is 35.0 Å². The average Bonchev–Trinajstić information content (AvgIpc) is 2.28. The number of hydrogen-bond donors (Lipinski definition) is 1. The number of fused-ring (bicyclic) bond motifs is 1. The molecule has 1 N–H and O–H groups in total. The Balaban J connectivity index is 2.07. The van der Waals surface area contributed by atoms with Gasteiger partial charge in [-0.15, -0.1) is 0 Å². The molecule has 0 aromatic rings. The summed E-state index contributed by atoms with van der Waals surface area (Å²) in [7, 11) is 0. The largest absolute Gasteiger partial charge is 0.481 e. The van der Waals surface area contributed by atoms with Gasteiger partial charge in [-0.3, -0.25) is 9.59 Å². The molecule has 0 radical (unpaired) electrons. The molecule has 1 amide bonds. The van der Waals surface area contributed by atoms with Crippen LogP contribution in [0.15, 0.2) is 0 Å². The van der Waals surface area contributed by atoms with E-state index in [1.807, 2.05) is 0 Å². The standard InChI is InChI=1S/C10H15NO3/c1-7(12)11-5-8-2-3-10(8,6-11)4-9(13)14/h8H,2-6H2,1H3,(H,13,14)/t8-,10-/m0/s1. The van der Waals surface area contributed by atoms with Crippen molar-refractivity contribution in [2.75, 3.05) is 13.1 Å². The molecular weight excluding hydrogens is 182 g/mol. The number of hydrogen-bond acceptors (Lipinski definition) is 2. The van der Waals surface area contributed by atoms with E-state index in [2.05, 4.69) is 0 Å². The lowest BCUT2D eigenvalue weighted by Crippen LogP contribution is -2.41. The molecule has 14 heavy (non-hydrogen) atoms. The molecule has 1 heterocycles. The van der Waals surface area contributed by atoms with E-state index in [0.29, 0.717) is 12.5 Å². The van der Waals surface area contributed by atoms with Gasteiger partial charge >= 0.3 is 5.97 Å². The summed E-state index contributed by atoms with van der Waals surface area (Å²) >= 11 is 0. The fraction of sp³-hybridized carbons (Fsp3) is 0.800. The molecule has 0 aromatic heterocycles. The van der Waals surface area contributed by atoms with Gasteiger partial charge in [0.2, 0.25) is 5.91 Å². The topological polar surface area (TPSA) is 57.6 Å². The number of amides is 1. The summed E-state index contributed by atoms with van der Waals surface area (Å²) in [6.45, 7) is 2.97. The summed E-state index contributed by atoms with van der Waals surface area (Å²) in [5, 5.41) is 8.81. The smallest absolute Gasteiger partial charge is 0.303 e. The van der Waals surface area contributed by atoms with Crippen LogP contribution in [0.4, 0.5) is 0 Å². The molecule has 0 bridgehead atoms. The lowest BCUT2D eigenvalue weighted by Gasteiger charge is -2.42. The van der Waals surface area contributed by atoms with Gasteiger partial charge in [0.15, 0.2) is 0 Å². The Kier molecular flexibility index (Phi) is 2.01. The summed E-state index contributed by atoms with van der Waals surface area (Å²) in [5.74, 6) is -0.230. The van der Waals surface area contributed by atoms with E-state index in [1.54, 1.807) is 11.8 Å². The van der Waals surface area contributed by atoms with Gasteiger partial charge in [-0.25, -0.2) is 0 Å². The van der Waals surface area contributed by atoms with Crippen LogP contribution in [0.5, 0.6) is 0 Å². The van der Waals surface area contributed by atoms with Gasteiger partial charge in [-0.1, -0.05) is 0 Å². The van der Waals surface area contributed by atoms with Crippen molar-refractivity contribution in [2.24, 2.45) is 11.3 Å². The quantitative estimate of drug-likeness (QED) is 0.709. The predicted octanol–water partition coefficient (Wildman–Crippen LogP) is 0.720. The van der Waals surface area contributed by atoms with Crippen LogP contribution in [0.1, 0.15) is 26.2 Å². The maximum Gasteiger partial charge on any atom is 0.303 e. The number of likely N-dealkylation sites (tertiary alicyclic amines) is 1. The summed E-state index contributed by atoms with van der Waals surface area (Å²) in [6, 6.07) is 0. The summed E-state index contributed by atoms with van der Waals surface area (Å²) in [6.07, 6.45) is 2.27. The van der Waals surface area contributed by atoms with Crippen molar-refractivity contribution >= 4 is 11.9 Å². The molecule has 4 nitrogen and oxygen atoms in total. The van der Waals surface area contributed by atoms with Gasteiger partial charge < -0.3 is 10.0 Å². The third-order valence-electron chi connectivity index (χ3n) is 3.75. The first kappa shape index (κ1) is 9.49. The van der Waals surface area contributed by atoms with Gasteiger partial charge in [0.05, 0.1) is 6.42 Å². The molecule has 2 fully saturated rings. The number of aliphatic carboxylic acids is 1. The number of carboxylic acids is 1. The molecule has 0 unspecified atom stereocenters. The van der Waals surface area contributed by atoms with E-state index in [1.165, 1.54) is 0 Å². The van der Waals surface area contributed by atoms with Crippen LogP contribution in [0.2, 0.25) is 0 Å². The molecule has 2 aliphatic rings. The fourth-order valence-corrected chi connectivity index (χ4v) is 2.79. The van der Waals surface area contributed by atoms with Crippen LogP contribution < -0.4 is 0 Å². The number of nitrogens with zero attached hydrogens (tertiary/aromatic N) is 1. The molecule has 1 aliphatic heterocycles. The molecule has 0 aromatic carbocycles. The minimum atomic E-state index is -0.736. The van der Waals surface area contributed by atoms with Gasteiger partial charge in [0.1, 0.15) is 0 Å². The van der Waals surface area contributed by atoms with Crippen molar-refractivity contribution in [3.05, 3.63) is 0 Å². The van der Waals surface area contributed by atoms with Gasteiger partial charge in [0.25, 0.3) is 0 Å². The van der Waals surface area contributed by atoms with Crippen molar-refractivity contribution in [1.82, 2.24) is 4.90 Å². The fourth-order valence-electron chi connectivity index (χ4n) is 2.79. The highest BCUT2D eigenvalue weighted by molar-refractivity contribution is 5.74. The molecule has 0 spiro atoms. The maximum atomic E-state index is 11.2. The predicted molar refractivity (Wildman–Crippen MR) is 49.7 cm³/mol. The number of carboxylic acid groups (broad SMARTS) is 1. The molecule has 4 heteroatoms. The normalized spacial score (nSPS) is 34.9. The van der Waals surface area contributed by atoms with Crippen molar-refractivity contribution in [3.63, 3.8) is 0 Å². The van der Waals surface area contributed by atoms with E-state index >= 15 is 0 Å². The van der Waals surface area contributed by atoms with Crippen LogP contribution in [0, 0.1) is 11.3 Å².